The van der Waals surface area contributed by atoms with Crippen LogP contribution >= 0.6 is 0 Å². The Morgan fingerprint density at radius 2 is 1.70 bits per heavy atom. The average Bonchev–Trinajstić information content (AvgIpc) is 3.53. The number of anilines is 1. The highest BCUT2D eigenvalue weighted by molar-refractivity contribution is 6.00. The lowest BCUT2D eigenvalue weighted by Crippen LogP contribution is -2.54. The second-order valence-corrected chi connectivity index (χ2v) is 8.10. The molecule has 0 aliphatic carbocycles. The molecular formula is C21H25N3O6. The molecule has 0 radical (unpaired) electrons. The maximum Gasteiger partial charge on any atom is 0.251 e. The topological polar surface area (TPSA) is 88.6 Å². The lowest BCUT2D eigenvalue weighted by molar-refractivity contribution is -0.147. The van der Waals surface area contributed by atoms with Crippen molar-refractivity contribution in [3.05, 3.63) is 18.2 Å². The van der Waals surface area contributed by atoms with Crippen LogP contribution in [0.15, 0.2) is 18.2 Å². The molecule has 1 aromatic carbocycles. The molecule has 30 heavy (non-hydrogen) atoms. The predicted molar refractivity (Wildman–Crippen MR) is 105 cm³/mol. The molecule has 0 aromatic heterocycles. The summed E-state index contributed by atoms with van der Waals surface area (Å²) in [5.74, 6) is 0.846. The number of benzene rings is 1. The van der Waals surface area contributed by atoms with E-state index in [0.29, 0.717) is 56.5 Å². The van der Waals surface area contributed by atoms with Crippen molar-refractivity contribution >= 4 is 23.4 Å². The Morgan fingerprint density at radius 1 is 0.967 bits per heavy atom. The number of rotatable bonds is 3. The van der Waals surface area contributed by atoms with Gasteiger partial charge in [-0.1, -0.05) is 0 Å². The fourth-order valence-electron chi connectivity index (χ4n) is 4.56. The molecule has 9 nitrogen and oxygen atoms in total. The maximum atomic E-state index is 13.0. The molecule has 160 valence electrons. The first-order chi connectivity index (χ1) is 14.6. The van der Waals surface area contributed by atoms with Gasteiger partial charge in [0, 0.05) is 57.5 Å². The van der Waals surface area contributed by atoms with Crippen LogP contribution in [0.4, 0.5) is 5.69 Å². The summed E-state index contributed by atoms with van der Waals surface area (Å²) < 4.78 is 16.2. The van der Waals surface area contributed by atoms with E-state index in [9.17, 15) is 14.4 Å². The van der Waals surface area contributed by atoms with Crippen molar-refractivity contribution in [1.82, 2.24) is 9.80 Å². The summed E-state index contributed by atoms with van der Waals surface area (Å²) >= 11 is 0. The first kappa shape index (κ1) is 19.2. The molecule has 4 aliphatic rings. The predicted octanol–water partition coefficient (Wildman–Crippen LogP) is 0.618. The summed E-state index contributed by atoms with van der Waals surface area (Å²) in [5, 5.41) is 0. The monoisotopic (exact) mass is 415 g/mol. The summed E-state index contributed by atoms with van der Waals surface area (Å²) in [6.45, 7) is 3.18. The van der Waals surface area contributed by atoms with Gasteiger partial charge in [-0.3, -0.25) is 14.4 Å². The highest BCUT2D eigenvalue weighted by Crippen LogP contribution is 2.37. The van der Waals surface area contributed by atoms with Gasteiger partial charge in [0.1, 0.15) is 6.10 Å². The first-order valence-corrected chi connectivity index (χ1v) is 10.5. The van der Waals surface area contributed by atoms with E-state index in [4.69, 9.17) is 14.2 Å². The van der Waals surface area contributed by atoms with Crippen LogP contribution in [0.1, 0.15) is 19.3 Å². The summed E-state index contributed by atoms with van der Waals surface area (Å²) in [6, 6.07) is 5.38. The fraction of sp³-hybridized carbons (Fsp3) is 0.571. The minimum atomic E-state index is -0.372. The van der Waals surface area contributed by atoms with Crippen molar-refractivity contribution in [2.24, 2.45) is 5.92 Å². The Kier molecular flexibility index (Phi) is 4.98. The normalized spacial score (nSPS) is 25.9. The second kappa shape index (κ2) is 7.79. The second-order valence-electron chi connectivity index (χ2n) is 8.10. The van der Waals surface area contributed by atoms with Crippen molar-refractivity contribution in [3.8, 4) is 11.5 Å². The Hall–Kier alpha value is -2.81. The van der Waals surface area contributed by atoms with Crippen LogP contribution in [0, 0.1) is 5.92 Å². The van der Waals surface area contributed by atoms with E-state index in [-0.39, 0.29) is 43.0 Å². The SMILES string of the molecule is O=C(C1CC(=O)N(c2ccc3c(c2)OCO3)C1)N1CCN(C(=O)C2CCCO2)CC1. The zero-order valence-corrected chi connectivity index (χ0v) is 16.7. The highest BCUT2D eigenvalue weighted by atomic mass is 16.7. The van der Waals surface area contributed by atoms with Crippen molar-refractivity contribution < 1.29 is 28.6 Å². The van der Waals surface area contributed by atoms with Crippen molar-refractivity contribution in [1.29, 1.82) is 0 Å². The molecule has 2 unspecified atom stereocenters. The summed E-state index contributed by atoms with van der Waals surface area (Å²) in [5.41, 5.74) is 0.714. The minimum absolute atomic E-state index is 0.0178. The first-order valence-electron chi connectivity index (χ1n) is 10.5. The Balaban J connectivity index is 1.18. The van der Waals surface area contributed by atoms with E-state index in [1.54, 1.807) is 26.8 Å². The largest absolute Gasteiger partial charge is 0.454 e. The number of amides is 3. The van der Waals surface area contributed by atoms with E-state index in [0.717, 1.165) is 12.8 Å². The van der Waals surface area contributed by atoms with Gasteiger partial charge < -0.3 is 28.9 Å². The van der Waals surface area contributed by atoms with Crippen LogP contribution in [0.5, 0.6) is 11.5 Å². The van der Waals surface area contributed by atoms with Gasteiger partial charge in [-0.15, -0.1) is 0 Å². The van der Waals surface area contributed by atoms with Gasteiger partial charge in [-0.05, 0) is 25.0 Å². The number of hydrogen-bond donors (Lipinski definition) is 0. The molecule has 0 N–H and O–H groups in total. The standard InChI is InChI=1S/C21H25N3O6/c25-19-10-14(12-24(19)15-3-4-16-18(11-15)30-13-29-16)20(26)22-5-7-23(8-6-22)21(27)17-2-1-9-28-17/h3-4,11,14,17H,1-2,5-10,12-13H2. The Bertz CT molecular complexity index is 860. The van der Waals surface area contributed by atoms with Gasteiger partial charge in [0.25, 0.3) is 5.91 Å². The van der Waals surface area contributed by atoms with Gasteiger partial charge in [-0.25, -0.2) is 0 Å². The quantitative estimate of drug-likeness (QED) is 0.719. The lowest BCUT2D eigenvalue weighted by atomic mass is 10.1. The molecule has 3 amide bonds. The van der Waals surface area contributed by atoms with E-state index in [2.05, 4.69) is 0 Å². The molecule has 0 spiro atoms. The van der Waals surface area contributed by atoms with Crippen LogP contribution in [-0.4, -0.2) is 79.7 Å². The summed E-state index contributed by atoms with van der Waals surface area (Å²) in [6.07, 6.45) is 1.57. The van der Waals surface area contributed by atoms with Crippen molar-refractivity contribution in [2.75, 3.05) is 51.0 Å². The number of hydrogen-bond acceptors (Lipinski definition) is 6. The molecule has 4 heterocycles. The minimum Gasteiger partial charge on any atom is -0.454 e. The molecule has 2 atom stereocenters. The molecule has 3 fully saturated rings. The zero-order valence-electron chi connectivity index (χ0n) is 16.7. The molecular weight excluding hydrogens is 390 g/mol. The molecule has 5 rings (SSSR count). The number of nitrogens with zero attached hydrogens (tertiary/aromatic N) is 3. The molecule has 4 aliphatic heterocycles. The third-order valence-corrected chi connectivity index (χ3v) is 6.25. The molecule has 0 saturated carbocycles. The third kappa shape index (κ3) is 3.47. The number of carbonyl (C=O) groups is 3. The van der Waals surface area contributed by atoms with Crippen molar-refractivity contribution in [3.63, 3.8) is 0 Å². The third-order valence-electron chi connectivity index (χ3n) is 6.25. The van der Waals surface area contributed by atoms with Crippen LogP contribution in [-0.2, 0) is 19.1 Å². The van der Waals surface area contributed by atoms with E-state index < -0.39 is 0 Å². The van der Waals surface area contributed by atoms with Gasteiger partial charge >= 0.3 is 0 Å². The van der Waals surface area contributed by atoms with Gasteiger partial charge in [-0.2, -0.15) is 0 Å². The lowest BCUT2D eigenvalue weighted by Gasteiger charge is -2.36. The van der Waals surface area contributed by atoms with Crippen LogP contribution in [0.25, 0.3) is 0 Å². The Labute approximate surface area is 174 Å². The number of piperazine rings is 1. The number of ether oxygens (including phenoxy) is 3. The van der Waals surface area contributed by atoms with E-state index >= 15 is 0 Å². The molecule has 3 saturated heterocycles. The summed E-state index contributed by atoms with van der Waals surface area (Å²) in [4.78, 5) is 43.3. The highest BCUT2D eigenvalue weighted by Gasteiger charge is 2.39. The van der Waals surface area contributed by atoms with Gasteiger partial charge in [0.15, 0.2) is 11.5 Å². The smallest absolute Gasteiger partial charge is 0.251 e. The van der Waals surface area contributed by atoms with Crippen LogP contribution < -0.4 is 14.4 Å². The van der Waals surface area contributed by atoms with Gasteiger partial charge in [0.2, 0.25) is 18.6 Å². The average molecular weight is 415 g/mol. The summed E-state index contributed by atoms with van der Waals surface area (Å²) in [7, 11) is 0. The maximum absolute atomic E-state index is 13.0. The van der Waals surface area contributed by atoms with Crippen LogP contribution in [0.3, 0.4) is 0 Å². The fourth-order valence-corrected chi connectivity index (χ4v) is 4.56. The Morgan fingerprint density at radius 3 is 2.43 bits per heavy atom. The van der Waals surface area contributed by atoms with Gasteiger partial charge in [0.05, 0.1) is 5.92 Å². The van der Waals surface area contributed by atoms with Crippen LogP contribution in [0.2, 0.25) is 0 Å². The van der Waals surface area contributed by atoms with E-state index in [1.807, 2.05) is 6.07 Å². The molecule has 0 bridgehead atoms. The number of carbonyl (C=O) groups excluding carboxylic acids is 3. The molecule has 1 aromatic rings. The van der Waals surface area contributed by atoms with Crippen molar-refractivity contribution in [2.45, 2.75) is 25.4 Å². The van der Waals surface area contributed by atoms with E-state index in [1.165, 1.54) is 0 Å². The zero-order chi connectivity index (χ0) is 20.7. The number of fused-ring (bicyclic) bond motifs is 1. The molecule has 9 heteroatoms.